The molecule has 19 heavy (non-hydrogen) atoms. The van der Waals surface area contributed by atoms with Crippen LogP contribution in [-0.4, -0.2) is 19.8 Å². The molecule has 0 amide bonds. The fourth-order valence-corrected chi connectivity index (χ4v) is 2.18. The van der Waals surface area contributed by atoms with Crippen molar-refractivity contribution in [2.45, 2.75) is 39.8 Å². The monoisotopic (exact) mass is 269 g/mol. The first kappa shape index (κ1) is 15.9. The first-order chi connectivity index (χ1) is 8.82. The minimum Gasteiger partial charge on any atom is -0.494 e. The van der Waals surface area contributed by atoms with Crippen molar-refractivity contribution in [2.24, 2.45) is 11.1 Å². The van der Waals surface area contributed by atoms with Gasteiger partial charge in [-0.05, 0) is 18.4 Å². The Morgan fingerprint density at radius 1 is 1.32 bits per heavy atom. The average molecular weight is 269 g/mol. The van der Waals surface area contributed by atoms with E-state index in [4.69, 9.17) is 15.2 Å². The van der Waals surface area contributed by atoms with Gasteiger partial charge in [-0.2, -0.15) is 0 Å². The van der Waals surface area contributed by atoms with Gasteiger partial charge in [0.2, 0.25) is 0 Å². The van der Waals surface area contributed by atoms with Crippen molar-refractivity contribution in [3.8, 4) is 5.75 Å². The second-order valence-electron chi connectivity index (χ2n) is 5.63. The highest BCUT2D eigenvalue weighted by Gasteiger charge is 2.33. The van der Waals surface area contributed by atoms with Gasteiger partial charge in [0.15, 0.2) is 11.6 Å². The average Bonchev–Trinajstić information content (AvgIpc) is 2.34. The van der Waals surface area contributed by atoms with Crippen LogP contribution < -0.4 is 10.5 Å². The minimum absolute atomic E-state index is 0.176. The molecule has 0 saturated heterocycles. The molecule has 0 aliphatic carbocycles. The van der Waals surface area contributed by atoms with E-state index in [1.807, 2.05) is 27.7 Å². The van der Waals surface area contributed by atoms with E-state index in [2.05, 4.69) is 0 Å². The van der Waals surface area contributed by atoms with Crippen molar-refractivity contribution in [2.75, 3.05) is 13.7 Å². The molecule has 0 spiro atoms. The van der Waals surface area contributed by atoms with Crippen LogP contribution in [0.5, 0.6) is 5.75 Å². The Bertz CT molecular complexity index is 415. The molecule has 1 aromatic carbocycles. The number of ether oxygens (including phenoxy) is 2. The lowest BCUT2D eigenvalue weighted by molar-refractivity contribution is -0.0289. The number of rotatable bonds is 5. The number of hydrogen-bond acceptors (Lipinski definition) is 3. The number of halogens is 1. The topological polar surface area (TPSA) is 44.5 Å². The fourth-order valence-electron chi connectivity index (χ4n) is 2.18. The molecular formula is C15H24FNO2. The van der Waals surface area contributed by atoms with Crippen LogP contribution in [0.1, 0.15) is 39.3 Å². The zero-order chi connectivity index (χ0) is 14.6. The molecule has 0 radical (unpaired) electrons. The normalized spacial score (nSPS) is 15.1. The van der Waals surface area contributed by atoms with Crippen molar-refractivity contribution in [3.63, 3.8) is 0 Å². The predicted molar refractivity (Wildman–Crippen MR) is 74.7 cm³/mol. The highest BCUT2D eigenvalue weighted by Crippen LogP contribution is 2.34. The molecule has 2 unspecified atom stereocenters. The van der Waals surface area contributed by atoms with Gasteiger partial charge in [-0.3, -0.25) is 0 Å². The lowest BCUT2D eigenvalue weighted by Crippen LogP contribution is -2.39. The standard InChI is InChI=1S/C15H24FNO2/c1-6-19-14(15(2,3)4)13(17)10-8-7-9-11(18-5)12(10)16/h7-9,13-14H,6,17H2,1-5H3. The Morgan fingerprint density at radius 2 is 1.95 bits per heavy atom. The van der Waals surface area contributed by atoms with Crippen LogP contribution in [-0.2, 0) is 4.74 Å². The SMILES string of the molecule is CCOC(C(N)c1cccc(OC)c1F)C(C)(C)C. The van der Waals surface area contributed by atoms with Crippen molar-refractivity contribution >= 4 is 0 Å². The Hall–Kier alpha value is -1.13. The Kier molecular flexibility index (Phi) is 5.32. The Morgan fingerprint density at radius 3 is 2.42 bits per heavy atom. The quantitative estimate of drug-likeness (QED) is 0.892. The summed E-state index contributed by atoms with van der Waals surface area (Å²) in [5.41, 5.74) is 6.46. The van der Waals surface area contributed by atoms with Crippen molar-refractivity contribution < 1.29 is 13.9 Å². The molecule has 108 valence electrons. The molecule has 0 fully saturated rings. The molecule has 1 aromatic rings. The van der Waals surface area contributed by atoms with Crippen LogP contribution in [0.25, 0.3) is 0 Å². The van der Waals surface area contributed by atoms with E-state index in [1.165, 1.54) is 7.11 Å². The molecule has 1 rings (SSSR count). The maximum atomic E-state index is 14.3. The van der Waals surface area contributed by atoms with E-state index in [-0.39, 0.29) is 17.3 Å². The van der Waals surface area contributed by atoms with Gasteiger partial charge in [-0.15, -0.1) is 0 Å². The summed E-state index contributed by atoms with van der Waals surface area (Å²) >= 11 is 0. The summed E-state index contributed by atoms with van der Waals surface area (Å²) in [4.78, 5) is 0. The number of nitrogens with two attached hydrogens (primary N) is 1. The van der Waals surface area contributed by atoms with Crippen LogP contribution in [0.3, 0.4) is 0 Å². The summed E-state index contributed by atoms with van der Waals surface area (Å²) < 4.78 is 25.0. The lowest BCUT2D eigenvalue weighted by atomic mass is 9.82. The highest BCUT2D eigenvalue weighted by molar-refractivity contribution is 5.33. The summed E-state index contributed by atoms with van der Waals surface area (Å²) in [5.74, 6) is -0.205. The van der Waals surface area contributed by atoms with E-state index >= 15 is 0 Å². The van der Waals surface area contributed by atoms with Gasteiger partial charge >= 0.3 is 0 Å². The minimum atomic E-state index is -0.532. The van der Waals surface area contributed by atoms with Crippen LogP contribution in [0.2, 0.25) is 0 Å². The van der Waals surface area contributed by atoms with Gasteiger partial charge in [0.05, 0.1) is 19.3 Å². The number of methoxy groups -OCH3 is 1. The van der Waals surface area contributed by atoms with Crippen LogP contribution >= 0.6 is 0 Å². The molecule has 0 aromatic heterocycles. The van der Waals surface area contributed by atoms with Crippen molar-refractivity contribution in [3.05, 3.63) is 29.6 Å². The molecule has 0 saturated carbocycles. The molecular weight excluding hydrogens is 245 g/mol. The zero-order valence-corrected chi connectivity index (χ0v) is 12.4. The van der Waals surface area contributed by atoms with Crippen LogP contribution in [0.4, 0.5) is 4.39 Å². The molecule has 0 aliphatic rings. The second kappa shape index (κ2) is 6.35. The number of hydrogen-bond donors (Lipinski definition) is 1. The van der Waals surface area contributed by atoms with E-state index < -0.39 is 11.9 Å². The summed E-state index contributed by atoms with van der Waals surface area (Å²) in [5, 5.41) is 0. The molecule has 0 bridgehead atoms. The van der Waals surface area contributed by atoms with Gasteiger partial charge < -0.3 is 15.2 Å². The molecule has 2 atom stereocenters. The largest absolute Gasteiger partial charge is 0.494 e. The van der Waals surface area contributed by atoms with Crippen LogP contribution in [0, 0.1) is 11.2 Å². The van der Waals surface area contributed by atoms with Crippen LogP contribution in [0.15, 0.2) is 18.2 Å². The summed E-state index contributed by atoms with van der Waals surface area (Å²) in [6, 6.07) is 4.47. The van der Waals surface area contributed by atoms with Gasteiger partial charge in [0.1, 0.15) is 0 Å². The third kappa shape index (κ3) is 3.67. The maximum Gasteiger partial charge on any atom is 0.169 e. The van der Waals surface area contributed by atoms with Gasteiger partial charge in [0.25, 0.3) is 0 Å². The third-order valence-corrected chi connectivity index (χ3v) is 3.10. The van der Waals surface area contributed by atoms with Crippen molar-refractivity contribution in [1.82, 2.24) is 0 Å². The third-order valence-electron chi connectivity index (χ3n) is 3.10. The molecule has 2 N–H and O–H groups in total. The summed E-state index contributed by atoms with van der Waals surface area (Å²) in [7, 11) is 1.44. The first-order valence-corrected chi connectivity index (χ1v) is 6.52. The maximum absolute atomic E-state index is 14.3. The van der Waals surface area contributed by atoms with Crippen molar-refractivity contribution in [1.29, 1.82) is 0 Å². The van der Waals surface area contributed by atoms with Gasteiger partial charge in [-0.25, -0.2) is 4.39 Å². The number of benzene rings is 1. The van der Waals surface area contributed by atoms with Gasteiger partial charge in [0, 0.05) is 12.2 Å². The van der Waals surface area contributed by atoms with E-state index in [1.54, 1.807) is 18.2 Å². The molecule has 3 nitrogen and oxygen atoms in total. The smallest absolute Gasteiger partial charge is 0.169 e. The lowest BCUT2D eigenvalue weighted by Gasteiger charge is -2.35. The second-order valence-corrected chi connectivity index (χ2v) is 5.63. The molecule has 0 aliphatic heterocycles. The van der Waals surface area contributed by atoms with E-state index in [9.17, 15) is 4.39 Å². The summed E-state index contributed by atoms with van der Waals surface area (Å²) in [6.07, 6.45) is -0.265. The van der Waals surface area contributed by atoms with Gasteiger partial charge in [-0.1, -0.05) is 32.9 Å². The molecule has 0 heterocycles. The Balaban J connectivity index is 3.13. The predicted octanol–water partition coefficient (Wildman–Crippen LogP) is 3.29. The Labute approximate surface area is 114 Å². The zero-order valence-electron chi connectivity index (χ0n) is 12.4. The molecule has 4 heteroatoms. The van der Waals surface area contributed by atoms with E-state index in [0.717, 1.165) is 0 Å². The fraction of sp³-hybridized carbons (Fsp3) is 0.600. The van der Waals surface area contributed by atoms with E-state index in [0.29, 0.717) is 12.2 Å². The first-order valence-electron chi connectivity index (χ1n) is 6.52. The highest BCUT2D eigenvalue weighted by atomic mass is 19.1. The summed E-state index contributed by atoms with van der Waals surface area (Å²) in [6.45, 7) is 8.55.